The average molecular weight is 458 g/mol. The topological polar surface area (TPSA) is 93.4 Å². The first-order valence-electron chi connectivity index (χ1n) is 12.3. The fraction of sp³-hybridized carbons (Fsp3) is 0.481. The smallest absolute Gasteiger partial charge is 0.223 e. The van der Waals surface area contributed by atoms with Gasteiger partial charge in [0.2, 0.25) is 5.91 Å². The summed E-state index contributed by atoms with van der Waals surface area (Å²) in [5.74, 6) is 1.81. The van der Waals surface area contributed by atoms with E-state index in [2.05, 4.69) is 22.5 Å². The number of pyridine rings is 2. The molecule has 0 spiro atoms. The second-order valence-corrected chi connectivity index (χ2v) is 9.62. The van der Waals surface area contributed by atoms with Crippen LogP contribution in [-0.2, 0) is 4.79 Å². The minimum Gasteiger partial charge on any atom is -0.396 e. The van der Waals surface area contributed by atoms with Gasteiger partial charge in [0.25, 0.3) is 0 Å². The number of aliphatic hydroxyl groups excluding tert-OH is 1. The highest BCUT2D eigenvalue weighted by Gasteiger charge is 2.41. The molecule has 2 aromatic heterocycles. The van der Waals surface area contributed by atoms with Crippen LogP contribution in [0.25, 0.3) is 17.2 Å². The van der Waals surface area contributed by atoms with E-state index < -0.39 is 0 Å². The molecule has 2 aliphatic carbocycles. The van der Waals surface area contributed by atoms with Gasteiger partial charge in [-0.2, -0.15) is 5.26 Å². The lowest BCUT2D eigenvalue weighted by Gasteiger charge is -2.42. The predicted molar refractivity (Wildman–Crippen MR) is 131 cm³/mol. The average Bonchev–Trinajstić information content (AvgIpc) is 3.79. The summed E-state index contributed by atoms with van der Waals surface area (Å²) in [7, 11) is 0. The number of amides is 1. The van der Waals surface area contributed by atoms with Crippen LogP contribution in [0.2, 0.25) is 0 Å². The standard InChI is InChI=1S/C27H31N5O2/c1-2-22-14-20(9-10-29-22)23-15-21(16-28)27(30-26(23)19-7-8-19)31-11-12-32(25(34)4-3-13-33)24(17-31)18-5-6-18/h2,9-10,14-15,18-19,24,33H,1,3-8,11-13,17H2/t24-/m0/s1. The van der Waals surface area contributed by atoms with Crippen LogP contribution >= 0.6 is 0 Å². The lowest BCUT2D eigenvalue weighted by molar-refractivity contribution is -0.134. The fourth-order valence-corrected chi connectivity index (χ4v) is 5.04. The van der Waals surface area contributed by atoms with Gasteiger partial charge in [-0.15, -0.1) is 0 Å². The molecular formula is C27H31N5O2. The molecule has 176 valence electrons. The number of hydrogen-bond donors (Lipinski definition) is 1. The van der Waals surface area contributed by atoms with E-state index in [1.807, 2.05) is 23.1 Å². The van der Waals surface area contributed by atoms with Gasteiger partial charge in [-0.1, -0.05) is 6.58 Å². The number of hydrogen-bond acceptors (Lipinski definition) is 6. The molecule has 2 aromatic rings. The molecule has 0 bridgehead atoms. The van der Waals surface area contributed by atoms with Crippen LogP contribution in [0.4, 0.5) is 5.82 Å². The number of aliphatic hydroxyl groups is 1. The van der Waals surface area contributed by atoms with E-state index in [4.69, 9.17) is 10.1 Å². The molecule has 1 N–H and O–H groups in total. The van der Waals surface area contributed by atoms with Crippen molar-refractivity contribution in [2.24, 2.45) is 5.92 Å². The number of nitriles is 1. The Kier molecular flexibility index (Phi) is 6.34. The predicted octanol–water partition coefficient (Wildman–Crippen LogP) is 3.74. The van der Waals surface area contributed by atoms with Gasteiger partial charge in [0.05, 0.1) is 23.0 Å². The molecular weight excluding hydrogens is 426 g/mol. The van der Waals surface area contributed by atoms with Crippen molar-refractivity contribution < 1.29 is 9.90 Å². The van der Waals surface area contributed by atoms with E-state index in [-0.39, 0.29) is 18.6 Å². The van der Waals surface area contributed by atoms with Gasteiger partial charge in [-0.3, -0.25) is 9.78 Å². The lowest BCUT2D eigenvalue weighted by Crippen LogP contribution is -2.56. The number of carbonyl (C=O) groups is 1. The highest BCUT2D eigenvalue weighted by molar-refractivity contribution is 5.77. The number of carbonyl (C=O) groups excluding carboxylic acids is 1. The molecule has 3 aliphatic rings. The third-order valence-electron chi connectivity index (χ3n) is 7.17. The number of rotatable bonds is 8. The van der Waals surface area contributed by atoms with Gasteiger partial charge in [-0.05, 0) is 67.9 Å². The number of piperazine rings is 1. The van der Waals surface area contributed by atoms with E-state index in [0.29, 0.717) is 49.9 Å². The maximum atomic E-state index is 12.8. The SMILES string of the molecule is C=Cc1cc(-c2cc(C#N)c(N3CCN(C(=O)CCCO)[C@H](C4CC4)C3)nc2C2CC2)ccn1. The molecule has 1 aliphatic heterocycles. The Balaban J connectivity index is 1.47. The van der Waals surface area contributed by atoms with Gasteiger partial charge in [0.1, 0.15) is 11.9 Å². The minimum absolute atomic E-state index is 0.0390. The van der Waals surface area contributed by atoms with Crippen molar-refractivity contribution >= 4 is 17.8 Å². The van der Waals surface area contributed by atoms with E-state index >= 15 is 0 Å². The van der Waals surface area contributed by atoms with Gasteiger partial charge in [0.15, 0.2) is 0 Å². The summed E-state index contributed by atoms with van der Waals surface area (Å²) >= 11 is 0. The summed E-state index contributed by atoms with van der Waals surface area (Å²) in [6.07, 6.45) is 8.90. The van der Waals surface area contributed by atoms with Crippen LogP contribution in [0.15, 0.2) is 31.0 Å². The Morgan fingerprint density at radius 1 is 1.26 bits per heavy atom. The molecule has 34 heavy (non-hydrogen) atoms. The molecule has 0 aromatic carbocycles. The molecule has 7 nitrogen and oxygen atoms in total. The maximum Gasteiger partial charge on any atom is 0.223 e. The van der Waals surface area contributed by atoms with Crippen LogP contribution in [0, 0.1) is 17.2 Å². The third-order valence-corrected chi connectivity index (χ3v) is 7.17. The number of aromatic nitrogens is 2. The van der Waals surface area contributed by atoms with Crippen LogP contribution in [0.5, 0.6) is 0 Å². The van der Waals surface area contributed by atoms with Crippen molar-refractivity contribution in [3.63, 3.8) is 0 Å². The summed E-state index contributed by atoms with van der Waals surface area (Å²) in [5.41, 5.74) is 4.45. The number of anilines is 1. The second-order valence-electron chi connectivity index (χ2n) is 9.62. The largest absolute Gasteiger partial charge is 0.396 e. The van der Waals surface area contributed by atoms with Gasteiger partial charge in [-0.25, -0.2) is 4.98 Å². The minimum atomic E-state index is 0.0390. The van der Waals surface area contributed by atoms with Crippen molar-refractivity contribution in [2.45, 2.75) is 50.5 Å². The Morgan fingerprint density at radius 2 is 2.09 bits per heavy atom. The highest BCUT2D eigenvalue weighted by Crippen LogP contribution is 2.45. The molecule has 3 heterocycles. The van der Waals surface area contributed by atoms with Gasteiger partial charge in [0, 0.05) is 50.3 Å². The molecule has 0 unspecified atom stereocenters. The zero-order valence-electron chi connectivity index (χ0n) is 19.5. The Bertz CT molecular complexity index is 1130. The highest BCUT2D eigenvalue weighted by atomic mass is 16.3. The quantitative estimate of drug-likeness (QED) is 0.649. The molecule has 3 fully saturated rings. The molecule has 2 saturated carbocycles. The van der Waals surface area contributed by atoms with E-state index in [1.165, 1.54) is 0 Å². The zero-order valence-corrected chi connectivity index (χ0v) is 19.5. The monoisotopic (exact) mass is 457 g/mol. The summed E-state index contributed by atoms with van der Waals surface area (Å²) in [6.45, 7) is 5.86. The Morgan fingerprint density at radius 3 is 2.76 bits per heavy atom. The zero-order chi connectivity index (χ0) is 23.7. The van der Waals surface area contributed by atoms with Gasteiger partial charge >= 0.3 is 0 Å². The van der Waals surface area contributed by atoms with Crippen LogP contribution in [-0.4, -0.2) is 58.2 Å². The molecule has 1 amide bonds. The van der Waals surface area contributed by atoms with E-state index in [1.54, 1.807) is 12.3 Å². The third kappa shape index (κ3) is 4.55. The van der Waals surface area contributed by atoms with Gasteiger partial charge < -0.3 is 14.9 Å². The van der Waals surface area contributed by atoms with Crippen molar-refractivity contribution in [1.82, 2.24) is 14.9 Å². The van der Waals surface area contributed by atoms with Crippen molar-refractivity contribution in [3.05, 3.63) is 47.9 Å². The van der Waals surface area contributed by atoms with Crippen LogP contribution < -0.4 is 4.90 Å². The molecule has 1 atom stereocenters. The summed E-state index contributed by atoms with van der Waals surface area (Å²) in [5, 5.41) is 19.2. The number of nitrogens with zero attached hydrogens (tertiary/aromatic N) is 5. The van der Waals surface area contributed by atoms with E-state index in [0.717, 1.165) is 54.0 Å². The molecule has 5 rings (SSSR count). The second kappa shape index (κ2) is 9.55. The molecule has 0 radical (unpaired) electrons. The van der Waals surface area contributed by atoms with Crippen LogP contribution in [0.3, 0.4) is 0 Å². The first-order chi connectivity index (χ1) is 16.6. The molecule has 1 saturated heterocycles. The maximum absolute atomic E-state index is 12.8. The van der Waals surface area contributed by atoms with Crippen molar-refractivity contribution in [2.75, 3.05) is 31.1 Å². The van der Waals surface area contributed by atoms with Crippen molar-refractivity contribution in [3.8, 4) is 17.2 Å². The Labute approximate surface area is 200 Å². The molecule has 7 heteroatoms. The van der Waals surface area contributed by atoms with Crippen molar-refractivity contribution in [1.29, 1.82) is 5.26 Å². The Hall–Kier alpha value is -3.24. The summed E-state index contributed by atoms with van der Waals surface area (Å²) in [6, 6.07) is 8.49. The van der Waals surface area contributed by atoms with E-state index in [9.17, 15) is 10.1 Å². The normalized spacial score (nSPS) is 20.2. The first-order valence-corrected chi connectivity index (χ1v) is 12.3. The summed E-state index contributed by atoms with van der Waals surface area (Å²) in [4.78, 5) is 26.5. The lowest BCUT2D eigenvalue weighted by atomic mass is 9.98. The summed E-state index contributed by atoms with van der Waals surface area (Å²) < 4.78 is 0. The fourth-order valence-electron chi connectivity index (χ4n) is 5.04. The van der Waals surface area contributed by atoms with Crippen LogP contribution in [0.1, 0.15) is 61.4 Å². The first kappa shape index (κ1) is 22.5.